The van der Waals surface area contributed by atoms with Crippen LogP contribution in [0.1, 0.15) is 32.1 Å². The minimum atomic E-state index is -0.724. The number of hydrogen-bond acceptors (Lipinski definition) is 4. The third kappa shape index (κ3) is 2.95. The molecule has 5 nitrogen and oxygen atoms in total. The molecule has 18 heavy (non-hydrogen) atoms. The summed E-state index contributed by atoms with van der Waals surface area (Å²) in [5, 5.41) is 8.74. The van der Waals surface area contributed by atoms with E-state index < -0.39 is 5.97 Å². The molecule has 1 aliphatic carbocycles. The molecule has 1 heterocycles. The Morgan fingerprint density at radius 2 is 1.89 bits per heavy atom. The van der Waals surface area contributed by atoms with Crippen LogP contribution in [0.3, 0.4) is 0 Å². The molecule has 1 N–H and O–H groups in total. The van der Waals surface area contributed by atoms with Crippen molar-refractivity contribution in [1.29, 1.82) is 0 Å². The van der Waals surface area contributed by atoms with Crippen LogP contribution in [0.25, 0.3) is 0 Å². The van der Waals surface area contributed by atoms with Crippen LogP contribution in [0.5, 0.6) is 0 Å². The molecule has 0 aromatic carbocycles. The van der Waals surface area contributed by atoms with E-state index in [-0.39, 0.29) is 36.3 Å². The Hall–Kier alpha value is -0.810. The first-order chi connectivity index (χ1) is 8.08. The number of nitrogens with zero attached hydrogens (tertiary/aromatic N) is 1. The zero-order valence-electron chi connectivity index (χ0n) is 10.6. The Labute approximate surface area is 113 Å². The zero-order valence-corrected chi connectivity index (χ0v) is 11.4. The highest BCUT2D eigenvalue weighted by molar-refractivity contribution is 5.85. The minimum absolute atomic E-state index is 0. The maximum Gasteiger partial charge on any atom is 0.326 e. The summed E-state index contributed by atoms with van der Waals surface area (Å²) >= 11 is 0. The van der Waals surface area contributed by atoms with Gasteiger partial charge in [0.2, 0.25) is 0 Å². The molecule has 0 aromatic heterocycles. The van der Waals surface area contributed by atoms with E-state index in [0.29, 0.717) is 0 Å². The summed E-state index contributed by atoms with van der Waals surface area (Å²) < 4.78 is 4.85. The number of piperidine rings is 1. The van der Waals surface area contributed by atoms with E-state index >= 15 is 0 Å². The van der Waals surface area contributed by atoms with Crippen molar-refractivity contribution in [1.82, 2.24) is 4.90 Å². The fraction of sp³-hybridized carbons (Fsp3) is 0.833. The predicted octanol–water partition coefficient (Wildman–Crippen LogP) is 1.30. The lowest BCUT2D eigenvalue weighted by atomic mass is 9.92. The smallest absolute Gasteiger partial charge is 0.326 e. The van der Waals surface area contributed by atoms with E-state index in [1.54, 1.807) is 0 Å². The average molecular weight is 278 g/mol. The van der Waals surface area contributed by atoms with Gasteiger partial charge in [-0.15, -0.1) is 12.4 Å². The van der Waals surface area contributed by atoms with Crippen molar-refractivity contribution in [3.8, 4) is 0 Å². The van der Waals surface area contributed by atoms with E-state index in [2.05, 4.69) is 4.90 Å². The van der Waals surface area contributed by atoms with E-state index in [1.165, 1.54) is 7.11 Å². The van der Waals surface area contributed by atoms with Gasteiger partial charge in [-0.2, -0.15) is 0 Å². The molecule has 2 fully saturated rings. The molecule has 1 aliphatic heterocycles. The van der Waals surface area contributed by atoms with Gasteiger partial charge in [0, 0.05) is 6.42 Å². The lowest BCUT2D eigenvalue weighted by Gasteiger charge is -2.36. The lowest BCUT2D eigenvalue weighted by Crippen LogP contribution is -2.48. The van der Waals surface area contributed by atoms with Gasteiger partial charge in [-0.3, -0.25) is 14.5 Å². The van der Waals surface area contributed by atoms with Crippen LogP contribution < -0.4 is 0 Å². The van der Waals surface area contributed by atoms with Gasteiger partial charge in [-0.25, -0.2) is 0 Å². The first-order valence-electron chi connectivity index (χ1n) is 6.14. The maximum atomic E-state index is 11.7. The van der Waals surface area contributed by atoms with Crippen LogP contribution in [-0.4, -0.2) is 47.7 Å². The first kappa shape index (κ1) is 15.2. The molecule has 2 aliphatic rings. The Kier molecular flexibility index (Phi) is 4.99. The molecule has 1 saturated carbocycles. The highest BCUT2D eigenvalue weighted by Crippen LogP contribution is 2.44. The quantitative estimate of drug-likeness (QED) is 0.785. The summed E-state index contributed by atoms with van der Waals surface area (Å²) in [7, 11) is 1.43. The Morgan fingerprint density at radius 3 is 2.28 bits per heavy atom. The average Bonchev–Trinajstić information content (AvgIpc) is 3.09. The zero-order chi connectivity index (χ0) is 12.5. The van der Waals surface area contributed by atoms with Gasteiger partial charge in [0.05, 0.1) is 7.11 Å². The molecule has 104 valence electrons. The summed E-state index contributed by atoms with van der Waals surface area (Å²) in [4.78, 5) is 24.5. The van der Waals surface area contributed by atoms with Gasteiger partial charge in [-0.05, 0) is 44.7 Å². The van der Waals surface area contributed by atoms with Gasteiger partial charge >= 0.3 is 11.9 Å². The van der Waals surface area contributed by atoms with Gasteiger partial charge < -0.3 is 9.84 Å². The van der Waals surface area contributed by atoms with Crippen LogP contribution in [0.15, 0.2) is 0 Å². The number of halogens is 1. The highest BCUT2D eigenvalue weighted by atomic mass is 35.5. The van der Waals surface area contributed by atoms with E-state index in [4.69, 9.17) is 9.84 Å². The van der Waals surface area contributed by atoms with Crippen molar-refractivity contribution in [3.63, 3.8) is 0 Å². The summed E-state index contributed by atoms with van der Waals surface area (Å²) in [5.74, 6) is -0.594. The number of carboxylic acids is 1. The highest BCUT2D eigenvalue weighted by Gasteiger charge is 2.56. The molecule has 0 bridgehead atoms. The SMILES string of the molecule is COC(=O)C1(N2CCC(CC(=O)O)CC2)CC1.Cl. The van der Waals surface area contributed by atoms with Crippen LogP contribution in [0.2, 0.25) is 0 Å². The van der Waals surface area contributed by atoms with Crippen molar-refractivity contribution in [2.24, 2.45) is 5.92 Å². The number of carbonyl (C=O) groups excluding carboxylic acids is 1. The molecule has 2 rings (SSSR count). The number of rotatable bonds is 4. The summed E-state index contributed by atoms with van der Waals surface area (Å²) in [6.45, 7) is 1.63. The summed E-state index contributed by atoms with van der Waals surface area (Å²) in [6, 6.07) is 0. The van der Waals surface area contributed by atoms with Crippen molar-refractivity contribution >= 4 is 24.3 Å². The second kappa shape index (κ2) is 5.89. The van der Waals surface area contributed by atoms with Gasteiger partial charge in [0.15, 0.2) is 0 Å². The number of methoxy groups -OCH3 is 1. The predicted molar refractivity (Wildman–Crippen MR) is 67.8 cm³/mol. The number of hydrogen-bond donors (Lipinski definition) is 1. The minimum Gasteiger partial charge on any atom is -0.481 e. The number of carbonyl (C=O) groups is 2. The molecule has 1 saturated heterocycles. The standard InChI is InChI=1S/C12H19NO4.ClH/c1-17-11(16)12(4-5-12)13-6-2-9(3-7-13)8-10(14)15;/h9H,2-8H2,1H3,(H,14,15);1H. The molecule has 0 radical (unpaired) electrons. The van der Waals surface area contributed by atoms with E-state index in [1.807, 2.05) is 0 Å². The van der Waals surface area contributed by atoms with Crippen LogP contribution >= 0.6 is 12.4 Å². The van der Waals surface area contributed by atoms with Crippen molar-refractivity contribution in [3.05, 3.63) is 0 Å². The third-order valence-corrected chi connectivity index (χ3v) is 3.97. The Morgan fingerprint density at radius 1 is 1.33 bits per heavy atom. The monoisotopic (exact) mass is 277 g/mol. The van der Waals surface area contributed by atoms with Gasteiger partial charge in [0.1, 0.15) is 5.54 Å². The van der Waals surface area contributed by atoms with Crippen molar-refractivity contribution < 1.29 is 19.4 Å². The van der Waals surface area contributed by atoms with Gasteiger partial charge in [0.25, 0.3) is 0 Å². The largest absolute Gasteiger partial charge is 0.481 e. The number of aliphatic carboxylic acids is 1. The fourth-order valence-electron chi connectivity index (χ4n) is 2.77. The van der Waals surface area contributed by atoms with Crippen LogP contribution in [-0.2, 0) is 14.3 Å². The molecule has 0 aromatic rings. The fourth-order valence-corrected chi connectivity index (χ4v) is 2.77. The molecule has 0 amide bonds. The number of likely N-dealkylation sites (tertiary alicyclic amines) is 1. The maximum absolute atomic E-state index is 11.7. The third-order valence-electron chi connectivity index (χ3n) is 3.97. The summed E-state index contributed by atoms with van der Waals surface area (Å²) in [5.41, 5.74) is -0.372. The molecule has 0 spiro atoms. The van der Waals surface area contributed by atoms with E-state index in [0.717, 1.165) is 38.8 Å². The molecule has 0 atom stereocenters. The second-order valence-electron chi connectivity index (χ2n) is 5.05. The van der Waals surface area contributed by atoms with Crippen molar-refractivity contribution in [2.75, 3.05) is 20.2 Å². The lowest BCUT2D eigenvalue weighted by molar-refractivity contribution is -0.150. The number of esters is 1. The summed E-state index contributed by atoms with van der Waals surface area (Å²) in [6.07, 6.45) is 3.74. The van der Waals surface area contributed by atoms with Gasteiger partial charge in [-0.1, -0.05) is 0 Å². The topological polar surface area (TPSA) is 66.8 Å². The molecule has 6 heteroatoms. The number of carboxylic acid groups (broad SMARTS) is 1. The molecule has 0 unspecified atom stereocenters. The normalized spacial score (nSPS) is 22.9. The Balaban J connectivity index is 0.00000162. The second-order valence-corrected chi connectivity index (χ2v) is 5.05. The van der Waals surface area contributed by atoms with E-state index in [9.17, 15) is 9.59 Å². The van der Waals surface area contributed by atoms with Crippen LogP contribution in [0, 0.1) is 5.92 Å². The van der Waals surface area contributed by atoms with Crippen molar-refractivity contribution in [2.45, 2.75) is 37.6 Å². The molecular weight excluding hydrogens is 258 g/mol. The molecular formula is C12H20ClNO4. The van der Waals surface area contributed by atoms with Crippen LogP contribution in [0.4, 0.5) is 0 Å². The first-order valence-corrected chi connectivity index (χ1v) is 6.14. The Bertz CT molecular complexity index is 322. The number of ether oxygens (including phenoxy) is 1.